The number of hydrogen-bond acceptors (Lipinski definition) is 1. The second-order valence-corrected chi connectivity index (χ2v) is 2.75. The fourth-order valence-electron chi connectivity index (χ4n) is 0.605. The third kappa shape index (κ3) is 2.17. The molecule has 1 unspecified atom stereocenters. The van der Waals surface area contributed by atoms with Gasteiger partial charge in [-0.3, -0.25) is 0 Å². The highest BCUT2D eigenvalue weighted by Crippen LogP contribution is 1.99. The van der Waals surface area contributed by atoms with Crippen LogP contribution in [0, 0.1) is 0 Å². The maximum Gasteiger partial charge on any atom is 0.184 e. The fourth-order valence-corrected chi connectivity index (χ4v) is 1.13. The highest BCUT2D eigenvalue weighted by atomic mass is 31.1. The van der Waals surface area contributed by atoms with Gasteiger partial charge in [0.15, 0.2) is 7.98 Å². The average Bonchev–Trinajstić information content (AvgIpc) is 1.91. The lowest BCUT2D eigenvalue weighted by molar-refractivity contribution is 1.68. The Labute approximate surface area is 58.1 Å². The minimum atomic E-state index is 0.515. The Hall–Kier alpha value is -0.325. The molecular weight excluding hydrogens is 128 g/mol. The van der Waals surface area contributed by atoms with Gasteiger partial charge in [-0.2, -0.15) is 0 Å². The van der Waals surface area contributed by atoms with E-state index in [1.54, 1.807) is 0 Å². The van der Waals surface area contributed by atoms with Crippen molar-refractivity contribution in [2.45, 2.75) is 0 Å². The highest BCUT2D eigenvalue weighted by Gasteiger charge is 1.83. The van der Waals surface area contributed by atoms with Crippen LogP contribution in [0.1, 0.15) is 0 Å². The Morgan fingerprint density at radius 3 is 2.44 bits per heavy atom. The van der Waals surface area contributed by atoms with Gasteiger partial charge in [0, 0.05) is 0 Å². The topological polar surface area (TPSA) is 12.0 Å². The van der Waals surface area contributed by atoms with Crippen molar-refractivity contribution in [3.05, 3.63) is 30.3 Å². The van der Waals surface area contributed by atoms with Crippen molar-refractivity contribution in [3.8, 4) is 0 Å². The zero-order valence-electron chi connectivity index (χ0n) is 4.96. The van der Waals surface area contributed by atoms with Gasteiger partial charge in [-0.05, 0) is 14.0 Å². The number of hydrogen-bond donors (Lipinski definition) is 1. The molecule has 0 aromatic heterocycles. The van der Waals surface area contributed by atoms with Gasteiger partial charge in [-0.15, -0.1) is 0 Å². The van der Waals surface area contributed by atoms with Gasteiger partial charge in [-0.1, -0.05) is 30.3 Å². The van der Waals surface area contributed by atoms with Crippen LogP contribution in [-0.4, -0.2) is 7.98 Å². The van der Waals surface area contributed by atoms with Crippen LogP contribution >= 0.6 is 8.73 Å². The smallest absolute Gasteiger partial charge is 0.184 e. The summed E-state index contributed by atoms with van der Waals surface area (Å²) in [5.41, 5.74) is 0. The molecule has 2 radical (unpaired) electrons. The summed E-state index contributed by atoms with van der Waals surface area (Å²) in [5, 5.41) is 1.24. The van der Waals surface area contributed by atoms with Crippen molar-refractivity contribution in [1.82, 2.24) is 5.00 Å². The minimum absolute atomic E-state index is 0.515. The van der Waals surface area contributed by atoms with E-state index in [0.29, 0.717) is 8.73 Å². The maximum atomic E-state index is 5.12. The molecule has 0 amide bonds. The van der Waals surface area contributed by atoms with E-state index in [9.17, 15) is 0 Å². The van der Waals surface area contributed by atoms with E-state index in [2.05, 4.69) is 5.00 Å². The highest BCUT2D eigenvalue weighted by molar-refractivity contribution is 7.46. The molecule has 0 aliphatic carbocycles. The lowest BCUT2D eigenvalue weighted by atomic mass is 10.4. The molecule has 0 aliphatic rings. The van der Waals surface area contributed by atoms with E-state index in [-0.39, 0.29) is 0 Å². The minimum Gasteiger partial charge on any atom is -0.345 e. The molecule has 1 aromatic rings. The predicted molar refractivity (Wildman–Crippen MR) is 43.3 cm³/mol. The predicted octanol–water partition coefficient (Wildman–Crippen LogP) is 0.579. The van der Waals surface area contributed by atoms with Crippen LogP contribution in [-0.2, 0) is 0 Å². The van der Waals surface area contributed by atoms with E-state index < -0.39 is 0 Å². The standard InChI is InChI=1S/C6H7BNP/c7-8-9-6-4-2-1-3-5-6/h1-5,8-9H. The Balaban J connectivity index is 2.61. The van der Waals surface area contributed by atoms with Crippen molar-refractivity contribution >= 4 is 22.0 Å². The van der Waals surface area contributed by atoms with Crippen molar-refractivity contribution in [2.24, 2.45) is 0 Å². The van der Waals surface area contributed by atoms with Gasteiger partial charge < -0.3 is 5.00 Å². The second-order valence-electron chi connectivity index (χ2n) is 1.64. The molecule has 0 heterocycles. The summed E-state index contributed by atoms with van der Waals surface area (Å²) in [4.78, 5) is 2.61. The summed E-state index contributed by atoms with van der Waals surface area (Å²) >= 11 is 0. The summed E-state index contributed by atoms with van der Waals surface area (Å²) in [5.74, 6) is 0. The van der Waals surface area contributed by atoms with Gasteiger partial charge in [0.2, 0.25) is 0 Å². The fraction of sp³-hybridized carbons (Fsp3) is 0. The number of benzene rings is 1. The molecule has 1 rings (SSSR count). The van der Waals surface area contributed by atoms with Crippen LogP contribution in [0.3, 0.4) is 0 Å². The first kappa shape index (κ1) is 6.79. The molecule has 0 fully saturated rings. The zero-order valence-corrected chi connectivity index (χ0v) is 5.96. The third-order valence-corrected chi connectivity index (χ3v) is 1.76. The summed E-state index contributed by atoms with van der Waals surface area (Å²) in [7, 11) is 5.64. The maximum absolute atomic E-state index is 5.12. The van der Waals surface area contributed by atoms with Crippen molar-refractivity contribution in [2.75, 3.05) is 0 Å². The summed E-state index contributed by atoms with van der Waals surface area (Å²) in [6, 6.07) is 10.1. The molecule has 0 spiro atoms. The van der Waals surface area contributed by atoms with Gasteiger partial charge in [0.1, 0.15) is 0 Å². The molecule has 0 bridgehead atoms. The normalized spacial score (nSPS) is 10.7. The molecule has 1 N–H and O–H groups in total. The monoisotopic (exact) mass is 135 g/mol. The summed E-state index contributed by atoms with van der Waals surface area (Å²) < 4.78 is 0. The average molecular weight is 135 g/mol. The van der Waals surface area contributed by atoms with Crippen molar-refractivity contribution in [1.29, 1.82) is 0 Å². The van der Waals surface area contributed by atoms with E-state index in [0.717, 1.165) is 0 Å². The van der Waals surface area contributed by atoms with E-state index in [1.165, 1.54) is 5.30 Å². The van der Waals surface area contributed by atoms with Crippen LogP contribution in [0.4, 0.5) is 0 Å². The lowest BCUT2D eigenvalue weighted by Crippen LogP contribution is -2.01. The number of rotatable bonds is 2. The van der Waals surface area contributed by atoms with Gasteiger partial charge in [0.05, 0.1) is 0 Å². The molecule has 9 heavy (non-hydrogen) atoms. The first-order valence-electron chi connectivity index (χ1n) is 2.70. The molecule has 0 saturated carbocycles. The number of nitrogens with one attached hydrogen (secondary N) is 1. The van der Waals surface area contributed by atoms with Crippen molar-refractivity contribution in [3.63, 3.8) is 0 Å². The SMILES string of the molecule is [B]NPc1ccccc1. The third-order valence-electron chi connectivity index (χ3n) is 0.990. The van der Waals surface area contributed by atoms with E-state index in [1.807, 2.05) is 30.3 Å². The first-order valence-corrected chi connectivity index (χ1v) is 3.70. The molecule has 1 nitrogen and oxygen atoms in total. The summed E-state index contributed by atoms with van der Waals surface area (Å²) in [6.07, 6.45) is 0. The van der Waals surface area contributed by atoms with Crippen LogP contribution < -0.4 is 10.3 Å². The molecule has 0 aliphatic heterocycles. The van der Waals surface area contributed by atoms with Gasteiger partial charge in [0.25, 0.3) is 0 Å². The van der Waals surface area contributed by atoms with Gasteiger partial charge in [-0.25, -0.2) is 0 Å². The Bertz CT molecular complexity index is 166. The molecule has 3 heteroatoms. The quantitative estimate of drug-likeness (QED) is 0.461. The van der Waals surface area contributed by atoms with Crippen LogP contribution in [0.25, 0.3) is 0 Å². The lowest BCUT2D eigenvalue weighted by Gasteiger charge is -1.96. The Kier molecular flexibility index (Phi) is 2.76. The van der Waals surface area contributed by atoms with E-state index in [4.69, 9.17) is 7.98 Å². The largest absolute Gasteiger partial charge is 0.345 e. The Morgan fingerprint density at radius 2 is 1.89 bits per heavy atom. The second kappa shape index (κ2) is 3.65. The van der Waals surface area contributed by atoms with Crippen LogP contribution in [0.2, 0.25) is 0 Å². The molecule has 0 saturated heterocycles. The zero-order chi connectivity index (χ0) is 6.53. The molecule has 1 atom stereocenters. The Morgan fingerprint density at radius 1 is 1.22 bits per heavy atom. The first-order chi connectivity index (χ1) is 4.43. The van der Waals surface area contributed by atoms with Crippen LogP contribution in [0.15, 0.2) is 30.3 Å². The van der Waals surface area contributed by atoms with E-state index >= 15 is 0 Å². The van der Waals surface area contributed by atoms with Crippen LogP contribution in [0.5, 0.6) is 0 Å². The molecule has 1 aromatic carbocycles. The van der Waals surface area contributed by atoms with Gasteiger partial charge >= 0.3 is 0 Å². The molecular formula is C6H7BNP. The van der Waals surface area contributed by atoms with Crippen molar-refractivity contribution < 1.29 is 0 Å². The molecule has 44 valence electrons. The summed E-state index contributed by atoms with van der Waals surface area (Å²) in [6.45, 7) is 0.